The molecule has 1 aromatic carbocycles. The lowest BCUT2D eigenvalue weighted by Crippen LogP contribution is -2.07. The van der Waals surface area contributed by atoms with Gasteiger partial charge in [0.1, 0.15) is 23.0 Å². The summed E-state index contributed by atoms with van der Waals surface area (Å²) in [6, 6.07) is 5.54. The number of anilines is 1. The zero-order valence-corrected chi connectivity index (χ0v) is 21.2. The first kappa shape index (κ1) is 25.4. The van der Waals surface area contributed by atoms with E-state index >= 15 is 0 Å². The fraction of sp³-hybridized carbons (Fsp3) is 0.318. The van der Waals surface area contributed by atoms with E-state index in [0.717, 1.165) is 23.1 Å². The minimum absolute atomic E-state index is 0.455. The summed E-state index contributed by atoms with van der Waals surface area (Å²) in [5.41, 5.74) is 1.56. The van der Waals surface area contributed by atoms with Crippen LogP contribution in [0.15, 0.2) is 36.0 Å². The van der Waals surface area contributed by atoms with Crippen LogP contribution in [0.4, 0.5) is 10.3 Å². The molecule has 12 heteroatoms. The predicted octanol–water partition coefficient (Wildman–Crippen LogP) is 4.97. The molecule has 180 valence electrons. The van der Waals surface area contributed by atoms with Gasteiger partial charge in [-0.1, -0.05) is 19.9 Å². The molecule has 0 aliphatic carbocycles. The van der Waals surface area contributed by atoms with Crippen molar-refractivity contribution in [1.82, 2.24) is 29.7 Å². The van der Waals surface area contributed by atoms with E-state index in [-0.39, 0.29) is 0 Å². The van der Waals surface area contributed by atoms with Crippen LogP contribution < -0.4 is 14.2 Å². The molecule has 0 fully saturated rings. The van der Waals surface area contributed by atoms with E-state index in [1.165, 1.54) is 23.3 Å². The van der Waals surface area contributed by atoms with Crippen molar-refractivity contribution in [3.05, 3.63) is 53.3 Å². The number of methoxy groups -OCH3 is 2. The quantitative estimate of drug-likeness (QED) is 0.250. The standard InChI is InChI=1S/C20H20FN7O2S2.C2H6/c1-12-11-31-19(24-12)18-25-26-20(27-32-8-7-16-22-9-13(21)10-23-16)28(18)17-14(29-2)5-4-6-15(17)30-3;1-2/h4-6,9-11H,7-8H2,1-3H3,(H,26,27);1-2H3. The van der Waals surface area contributed by atoms with Crippen molar-refractivity contribution in [2.45, 2.75) is 27.2 Å². The van der Waals surface area contributed by atoms with Crippen molar-refractivity contribution in [2.24, 2.45) is 0 Å². The molecule has 3 aromatic heterocycles. The Morgan fingerprint density at radius 1 is 1.09 bits per heavy atom. The number of benzene rings is 1. The van der Waals surface area contributed by atoms with Gasteiger partial charge in [-0.15, -0.1) is 21.5 Å². The van der Waals surface area contributed by atoms with Gasteiger partial charge in [-0.2, -0.15) is 0 Å². The van der Waals surface area contributed by atoms with Gasteiger partial charge in [0.15, 0.2) is 16.6 Å². The summed E-state index contributed by atoms with van der Waals surface area (Å²) in [5.74, 6) is 3.00. The van der Waals surface area contributed by atoms with Crippen LogP contribution >= 0.6 is 23.3 Å². The number of hydrogen-bond acceptors (Lipinski definition) is 10. The number of thiazole rings is 1. The second kappa shape index (κ2) is 12.3. The molecule has 4 aromatic rings. The van der Waals surface area contributed by atoms with E-state index in [0.29, 0.717) is 47.0 Å². The van der Waals surface area contributed by atoms with Crippen molar-refractivity contribution in [3.63, 3.8) is 0 Å². The van der Waals surface area contributed by atoms with Gasteiger partial charge >= 0.3 is 0 Å². The van der Waals surface area contributed by atoms with Gasteiger partial charge in [-0.25, -0.2) is 19.3 Å². The largest absolute Gasteiger partial charge is 0.494 e. The molecular formula is C22H26FN7O2S2. The third-order valence-corrected chi connectivity index (χ3v) is 6.06. The van der Waals surface area contributed by atoms with Crippen LogP contribution in [0.2, 0.25) is 0 Å². The lowest BCUT2D eigenvalue weighted by Gasteiger charge is -2.16. The summed E-state index contributed by atoms with van der Waals surface area (Å²) < 4.78 is 29.3. The Bertz CT molecular complexity index is 1180. The highest BCUT2D eigenvalue weighted by Gasteiger charge is 2.23. The zero-order chi connectivity index (χ0) is 24.5. The van der Waals surface area contributed by atoms with Crippen molar-refractivity contribution < 1.29 is 13.9 Å². The number of halogens is 1. The number of aryl methyl sites for hydroxylation is 2. The van der Waals surface area contributed by atoms with E-state index in [4.69, 9.17) is 9.47 Å². The van der Waals surface area contributed by atoms with Gasteiger partial charge in [-0.05, 0) is 31.0 Å². The molecule has 0 saturated carbocycles. The average molecular weight is 504 g/mol. The van der Waals surface area contributed by atoms with Crippen LogP contribution in [-0.2, 0) is 6.42 Å². The Kier molecular flexibility index (Phi) is 9.16. The van der Waals surface area contributed by atoms with E-state index < -0.39 is 5.82 Å². The van der Waals surface area contributed by atoms with E-state index in [9.17, 15) is 4.39 Å². The summed E-state index contributed by atoms with van der Waals surface area (Å²) in [4.78, 5) is 12.5. The maximum absolute atomic E-state index is 13.0. The van der Waals surface area contributed by atoms with Gasteiger partial charge < -0.3 is 9.47 Å². The molecule has 0 saturated heterocycles. The normalized spacial score (nSPS) is 10.4. The lowest BCUT2D eigenvalue weighted by molar-refractivity contribution is 0.391. The Balaban J connectivity index is 0.00000158. The van der Waals surface area contributed by atoms with Gasteiger partial charge in [0.2, 0.25) is 5.95 Å². The maximum atomic E-state index is 13.0. The fourth-order valence-corrected chi connectivity index (χ4v) is 4.35. The van der Waals surface area contributed by atoms with Crippen LogP contribution in [0.25, 0.3) is 16.5 Å². The van der Waals surface area contributed by atoms with Crippen LogP contribution in [0.5, 0.6) is 11.5 Å². The van der Waals surface area contributed by atoms with Crippen molar-refractivity contribution in [2.75, 3.05) is 24.7 Å². The number of nitrogens with one attached hydrogen (secondary N) is 1. The smallest absolute Gasteiger partial charge is 0.239 e. The fourth-order valence-electron chi connectivity index (χ4n) is 2.94. The molecule has 34 heavy (non-hydrogen) atoms. The molecular weight excluding hydrogens is 477 g/mol. The Morgan fingerprint density at radius 3 is 2.35 bits per heavy atom. The molecule has 0 atom stereocenters. The maximum Gasteiger partial charge on any atom is 0.239 e. The summed E-state index contributed by atoms with van der Waals surface area (Å²) in [5, 5.41) is 11.4. The van der Waals surface area contributed by atoms with Gasteiger partial charge in [0.25, 0.3) is 0 Å². The number of para-hydroxylation sites is 1. The summed E-state index contributed by atoms with van der Waals surface area (Å²) in [6.07, 6.45) is 2.88. The third-order valence-electron chi connectivity index (χ3n) is 4.36. The molecule has 0 aliphatic heterocycles. The number of ether oxygens (including phenoxy) is 2. The highest BCUT2D eigenvalue weighted by atomic mass is 32.2. The first-order valence-corrected chi connectivity index (χ1v) is 12.4. The summed E-state index contributed by atoms with van der Waals surface area (Å²) in [6.45, 7) is 5.93. The monoisotopic (exact) mass is 503 g/mol. The van der Waals surface area contributed by atoms with Crippen molar-refractivity contribution >= 4 is 29.2 Å². The van der Waals surface area contributed by atoms with E-state index in [2.05, 4.69) is 29.9 Å². The molecule has 0 aliphatic rings. The molecule has 3 heterocycles. The third kappa shape index (κ3) is 5.81. The summed E-state index contributed by atoms with van der Waals surface area (Å²) in [7, 11) is 3.20. The van der Waals surface area contributed by atoms with Crippen LogP contribution in [-0.4, -0.2) is 49.7 Å². The highest BCUT2D eigenvalue weighted by Crippen LogP contribution is 2.38. The average Bonchev–Trinajstić information content (AvgIpc) is 3.49. The van der Waals surface area contributed by atoms with Crippen molar-refractivity contribution in [3.8, 4) is 28.0 Å². The highest BCUT2D eigenvalue weighted by molar-refractivity contribution is 8.00. The van der Waals surface area contributed by atoms with Crippen LogP contribution in [0.3, 0.4) is 0 Å². The molecule has 0 radical (unpaired) electrons. The number of hydrogen-bond donors (Lipinski definition) is 1. The van der Waals surface area contributed by atoms with E-state index in [1.807, 2.05) is 48.9 Å². The zero-order valence-electron chi connectivity index (χ0n) is 19.6. The molecule has 4 rings (SSSR count). The van der Waals surface area contributed by atoms with Crippen LogP contribution in [0, 0.1) is 12.7 Å². The molecule has 0 spiro atoms. The minimum Gasteiger partial charge on any atom is -0.494 e. The Labute approximate surface area is 205 Å². The Morgan fingerprint density at radius 2 is 1.76 bits per heavy atom. The topological polar surface area (TPSA) is 99.9 Å². The second-order valence-corrected chi connectivity index (χ2v) is 8.26. The molecule has 0 bridgehead atoms. The van der Waals surface area contributed by atoms with Gasteiger partial charge in [0.05, 0.1) is 26.6 Å². The molecule has 0 unspecified atom stereocenters. The van der Waals surface area contributed by atoms with E-state index in [1.54, 1.807) is 14.2 Å². The molecule has 9 nitrogen and oxygen atoms in total. The summed E-state index contributed by atoms with van der Waals surface area (Å²) >= 11 is 2.89. The molecule has 1 N–H and O–H groups in total. The number of aromatic nitrogens is 6. The Hall–Kier alpha value is -3.25. The first-order chi connectivity index (χ1) is 16.6. The minimum atomic E-state index is -0.455. The SMILES string of the molecule is CC.COc1cccc(OC)c1-n1c(NSCCc2ncc(F)cn2)nnc1-c1nc(C)cs1. The van der Waals surface area contributed by atoms with Crippen molar-refractivity contribution in [1.29, 1.82) is 0 Å². The van der Waals surface area contributed by atoms with Gasteiger partial charge in [0, 0.05) is 23.2 Å². The molecule has 0 amide bonds. The first-order valence-electron chi connectivity index (χ1n) is 10.5. The predicted molar refractivity (Wildman–Crippen MR) is 133 cm³/mol. The van der Waals surface area contributed by atoms with Crippen LogP contribution in [0.1, 0.15) is 25.4 Å². The second-order valence-electron chi connectivity index (χ2n) is 6.51. The number of nitrogens with zero attached hydrogens (tertiary/aromatic N) is 6. The number of rotatable bonds is 9. The van der Waals surface area contributed by atoms with Gasteiger partial charge in [-0.3, -0.25) is 9.29 Å². The lowest BCUT2D eigenvalue weighted by atomic mass is 10.2.